The number of benzene rings is 2. The molecule has 0 aliphatic heterocycles. The zero-order valence-electron chi connectivity index (χ0n) is 12.6. The lowest BCUT2D eigenvalue weighted by Crippen LogP contribution is -2.13. The molecule has 4 nitrogen and oxygen atoms in total. The van der Waals surface area contributed by atoms with Gasteiger partial charge in [0.15, 0.2) is 0 Å². The first-order chi connectivity index (χ1) is 11.5. The van der Waals surface area contributed by atoms with Gasteiger partial charge in [0.25, 0.3) is 5.91 Å². The summed E-state index contributed by atoms with van der Waals surface area (Å²) < 4.78 is 1.52. The molecule has 24 heavy (non-hydrogen) atoms. The third kappa shape index (κ3) is 3.26. The molecule has 0 fully saturated rings. The van der Waals surface area contributed by atoms with Crippen LogP contribution in [0.25, 0.3) is 5.69 Å². The minimum Gasteiger partial charge on any atom is -0.320 e. The van der Waals surface area contributed by atoms with Crippen LogP contribution in [0, 0.1) is 6.92 Å². The molecule has 0 unspecified atom stereocenters. The predicted octanol–water partition coefficient (Wildman–Crippen LogP) is 5.39. The maximum atomic E-state index is 12.6. The van der Waals surface area contributed by atoms with Crippen LogP contribution in [0.2, 0.25) is 15.2 Å². The standard InChI is InChI=1S/C17H12Cl3N3O/c1-10-15(16(20)23(22-10)12-5-3-2-4-6-12)17(24)21-14-9-11(18)7-8-13(14)19/h2-9H,1H3,(H,21,24). The predicted molar refractivity (Wildman–Crippen MR) is 97.7 cm³/mol. The SMILES string of the molecule is Cc1nn(-c2ccccc2)c(Cl)c1C(=O)Nc1cc(Cl)ccc1Cl. The first-order valence-corrected chi connectivity index (χ1v) is 8.17. The van der Waals surface area contributed by atoms with E-state index in [2.05, 4.69) is 10.4 Å². The molecule has 1 N–H and O–H groups in total. The zero-order chi connectivity index (χ0) is 17.3. The molecule has 0 saturated heterocycles. The van der Waals surface area contributed by atoms with Gasteiger partial charge in [0, 0.05) is 5.02 Å². The second-order valence-corrected chi connectivity index (χ2v) is 6.28. The summed E-state index contributed by atoms with van der Waals surface area (Å²) >= 11 is 18.4. The second kappa shape index (κ2) is 6.85. The number of nitrogens with one attached hydrogen (secondary N) is 1. The first kappa shape index (κ1) is 16.8. The Balaban J connectivity index is 1.96. The number of carbonyl (C=O) groups excluding carboxylic acids is 1. The van der Waals surface area contributed by atoms with E-state index in [0.29, 0.717) is 21.4 Å². The Labute approximate surface area is 154 Å². The van der Waals surface area contributed by atoms with Crippen LogP contribution in [-0.2, 0) is 0 Å². The molecule has 7 heteroatoms. The Hall–Kier alpha value is -2.01. The van der Waals surface area contributed by atoms with E-state index in [4.69, 9.17) is 34.8 Å². The molecule has 3 aromatic rings. The van der Waals surface area contributed by atoms with E-state index >= 15 is 0 Å². The van der Waals surface area contributed by atoms with Crippen LogP contribution < -0.4 is 5.32 Å². The third-order valence-electron chi connectivity index (χ3n) is 3.41. The summed E-state index contributed by atoms with van der Waals surface area (Å²) in [4.78, 5) is 12.6. The van der Waals surface area contributed by atoms with Crippen molar-refractivity contribution in [2.75, 3.05) is 5.32 Å². The van der Waals surface area contributed by atoms with E-state index < -0.39 is 5.91 Å². The molecule has 0 radical (unpaired) electrons. The molecular weight excluding hydrogens is 369 g/mol. The van der Waals surface area contributed by atoms with Gasteiger partial charge >= 0.3 is 0 Å². The minimum absolute atomic E-state index is 0.231. The van der Waals surface area contributed by atoms with Gasteiger partial charge < -0.3 is 5.32 Å². The summed E-state index contributed by atoms with van der Waals surface area (Å²) in [5, 5.41) is 8.16. The summed E-state index contributed by atoms with van der Waals surface area (Å²) in [6.07, 6.45) is 0. The highest BCUT2D eigenvalue weighted by Crippen LogP contribution is 2.28. The Morgan fingerprint density at radius 3 is 2.50 bits per heavy atom. The number of anilines is 1. The fourth-order valence-electron chi connectivity index (χ4n) is 2.28. The molecule has 0 aliphatic carbocycles. The van der Waals surface area contributed by atoms with Gasteiger partial charge in [-0.1, -0.05) is 53.0 Å². The first-order valence-electron chi connectivity index (χ1n) is 7.04. The Bertz CT molecular complexity index is 907. The number of nitrogens with zero attached hydrogens (tertiary/aromatic N) is 2. The van der Waals surface area contributed by atoms with Crippen LogP contribution in [-0.4, -0.2) is 15.7 Å². The van der Waals surface area contributed by atoms with Gasteiger partial charge in [0.1, 0.15) is 10.7 Å². The van der Waals surface area contributed by atoms with E-state index in [1.165, 1.54) is 4.68 Å². The lowest BCUT2D eigenvalue weighted by molar-refractivity contribution is 0.102. The van der Waals surface area contributed by atoms with Crippen molar-refractivity contribution in [1.82, 2.24) is 9.78 Å². The second-order valence-electron chi connectivity index (χ2n) is 5.08. The third-order valence-corrected chi connectivity index (χ3v) is 4.32. The fourth-order valence-corrected chi connectivity index (χ4v) is 2.97. The summed E-state index contributed by atoms with van der Waals surface area (Å²) in [7, 11) is 0. The number of aryl methyl sites for hydroxylation is 1. The molecule has 1 aromatic heterocycles. The van der Waals surface area contributed by atoms with Crippen molar-refractivity contribution in [2.45, 2.75) is 6.92 Å². The molecule has 0 aliphatic rings. The number of carbonyl (C=O) groups is 1. The smallest absolute Gasteiger partial charge is 0.260 e. The summed E-state index contributed by atoms with van der Waals surface area (Å²) in [5.74, 6) is -0.399. The Morgan fingerprint density at radius 1 is 1.08 bits per heavy atom. The highest BCUT2D eigenvalue weighted by molar-refractivity contribution is 6.37. The van der Waals surface area contributed by atoms with E-state index in [0.717, 1.165) is 5.69 Å². The topological polar surface area (TPSA) is 46.9 Å². The van der Waals surface area contributed by atoms with Gasteiger partial charge in [0.2, 0.25) is 0 Å². The van der Waals surface area contributed by atoms with E-state index in [-0.39, 0.29) is 10.7 Å². The van der Waals surface area contributed by atoms with Crippen LogP contribution in [0.4, 0.5) is 5.69 Å². The van der Waals surface area contributed by atoms with Crippen LogP contribution in [0.15, 0.2) is 48.5 Å². The number of para-hydroxylation sites is 1. The molecule has 0 spiro atoms. The number of rotatable bonds is 3. The van der Waals surface area contributed by atoms with E-state index in [1.807, 2.05) is 30.3 Å². The van der Waals surface area contributed by atoms with Gasteiger partial charge in [-0.25, -0.2) is 4.68 Å². The average Bonchev–Trinajstić information content (AvgIpc) is 2.86. The number of halogens is 3. The van der Waals surface area contributed by atoms with E-state index in [1.54, 1.807) is 25.1 Å². The summed E-state index contributed by atoms with van der Waals surface area (Å²) in [6.45, 7) is 1.72. The van der Waals surface area contributed by atoms with Gasteiger partial charge in [-0.15, -0.1) is 0 Å². The molecule has 3 rings (SSSR count). The van der Waals surface area contributed by atoms with Crippen molar-refractivity contribution < 1.29 is 4.79 Å². The van der Waals surface area contributed by atoms with Crippen molar-refractivity contribution in [2.24, 2.45) is 0 Å². The van der Waals surface area contributed by atoms with Crippen LogP contribution in [0.3, 0.4) is 0 Å². The lowest BCUT2D eigenvalue weighted by atomic mass is 10.2. The summed E-state index contributed by atoms with van der Waals surface area (Å²) in [6, 6.07) is 14.2. The summed E-state index contributed by atoms with van der Waals surface area (Å²) in [5.41, 5.74) is 1.98. The highest BCUT2D eigenvalue weighted by atomic mass is 35.5. The van der Waals surface area contributed by atoms with Crippen molar-refractivity contribution in [1.29, 1.82) is 0 Å². The Morgan fingerprint density at radius 2 is 1.79 bits per heavy atom. The minimum atomic E-state index is -0.399. The van der Waals surface area contributed by atoms with Crippen LogP contribution >= 0.6 is 34.8 Å². The maximum absolute atomic E-state index is 12.6. The highest BCUT2D eigenvalue weighted by Gasteiger charge is 2.21. The monoisotopic (exact) mass is 379 g/mol. The molecule has 122 valence electrons. The molecule has 0 saturated carbocycles. The zero-order valence-corrected chi connectivity index (χ0v) is 14.8. The fraction of sp³-hybridized carbons (Fsp3) is 0.0588. The van der Waals surface area contributed by atoms with Gasteiger partial charge in [0.05, 0.1) is 22.1 Å². The largest absolute Gasteiger partial charge is 0.320 e. The van der Waals surface area contributed by atoms with Gasteiger partial charge in [-0.3, -0.25) is 4.79 Å². The van der Waals surface area contributed by atoms with Gasteiger partial charge in [-0.05, 0) is 37.3 Å². The van der Waals surface area contributed by atoms with Crippen LogP contribution in [0.1, 0.15) is 16.1 Å². The van der Waals surface area contributed by atoms with Crippen molar-refractivity contribution in [3.05, 3.63) is 75.0 Å². The molecule has 1 amide bonds. The van der Waals surface area contributed by atoms with Crippen molar-refractivity contribution in [3.8, 4) is 5.69 Å². The van der Waals surface area contributed by atoms with Crippen molar-refractivity contribution in [3.63, 3.8) is 0 Å². The Kier molecular flexibility index (Phi) is 4.81. The lowest BCUT2D eigenvalue weighted by Gasteiger charge is -2.08. The number of hydrogen-bond donors (Lipinski definition) is 1. The number of aromatic nitrogens is 2. The molecule has 1 heterocycles. The van der Waals surface area contributed by atoms with Crippen LogP contribution in [0.5, 0.6) is 0 Å². The average molecular weight is 381 g/mol. The normalized spacial score (nSPS) is 10.7. The number of amides is 1. The molecule has 0 atom stereocenters. The number of hydrogen-bond acceptors (Lipinski definition) is 2. The van der Waals surface area contributed by atoms with Crippen molar-refractivity contribution >= 4 is 46.4 Å². The van der Waals surface area contributed by atoms with Gasteiger partial charge in [-0.2, -0.15) is 5.10 Å². The maximum Gasteiger partial charge on any atom is 0.260 e. The molecule has 2 aromatic carbocycles. The quantitative estimate of drug-likeness (QED) is 0.662. The molecular formula is C17H12Cl3N3O. The van der Waals surface area contributed by atoms with E-state index in [9.17, 15) is 4.79 Å². The molecule has 0 bridgehead atoms.